The molecule has 0 atom stereocenters. The average Bonchev–Trinajstić information content (AvgIpc) is 2.77. The van der Waals surface area contributed by atoms with Gasteiger partial charge in [-0.1, -0.05) is 97.1 Å². The van der Waals surface area contributed by atoms with Crippen LogP contribution in [0.5, 0.6) is 0 Å². The Balaban J connectivity index is 1.89. The third-order valence-corrected chi connectivity index (χ3v) is 4.88. The number of nitrogens with one attached hydrogen (secondary N) is 1. The van der Waals surface area contributed by atoms with Crippen LogP contribution in [0.15, 0.2) is 115 Å². The zero-order chi connectivity index (χ0) is 18.4. The van der Waals surface area contributed by atoms with Crippen LogP contribution in [0.4, 0.5) is 0 Å². The van der Waals surface area contributed by atoms with Crippen LogP contribution < -0.4 is 5.32 Å². The van der Waals surface area contributed by atoms with Crippen molar-refractivity contribution in [2.45, 2.75) is 12.1 Å². The lowest BCUT2D eigenvalue weighted by Crippen LogP contribution is -2.44. The Labute approximate surface area is 160 Å². The Morgan fingerprint density at radius 1 is 0.556 bits per heavy atom. The van der Waals surface area contributed by atoms with E-state index in [1.807, 2.05) is 18.3 Å². The first kappa shape index (κ1) is 17.2. The van der Waals surface area contributed by atoms with Crippen molar-refractivity contribution in [3.05, 3.63) is 138 Å². The van der Waals surface area contributed by atoms with Gasteiger partial charge in [0.25, 0.3) is 0 Å². The lowest BCUT2D eigenvalue weighted by atomic mass is 9.77. The lowest BCUT2D eigenvalue weighted by molar-refractivity contribution is 0.467. The maximum Gasteiger partial charge on any atom is 0.0951 e. The summed E-state index contributed by atoms with van der Waals surface area (Å²) in [7, 11) is 0. The smallest absolute Gasteiger partial charge is 0.0951 e. The Kier molecular flexibility index (Phi) is 5.08. The summed E-state index contributed by atoms with van der Waals surface area (Å²) in [4.78, 5) is 4.50. The second-order valence-electron chi connectivity index (χ2n) is 6.52. The van der Waals surface area contributed by atoms with Gasteiger partial charge < -0.3 is 0 Å². The molecule has 0 aliphatic rings. The molecule has 3 aromatic carbocycles. The van der Waals surface area contributed by atoms with Crippen molar-refractivity contribution in [3.8, 4) is 0 Å². The van der Waals surface area contributed by atoms with Gasteiger partial charge in [0.1, 0.15) is 0 Å². The van der Waals surface area contributed by atoms with Crippen molar-refractivity contribution in [1.82, 2.24) is 10.3 Å². The predicted octanol–water partition coefficient (Wildman–Crippen LogP) is 5.16. The van der Waals surface area contributed by atoms with E-state index in [4.69, 9.17) is 0 Å². The van der Waals surface area contributed by atoms with Gasteiger partial charge in [-0.15, -0.1) is 0 Å². The molecule has 4 aromatic rings. The van der Waals surface area contributed by atoms with E-state index in [-0.39, 0.29) is 0 Å². The van der Waals surface area contributed by atoms with Crippen molar-refractivity contribution in [2.75, 3.05) is 0 Å². The Morgan fingerprint density at radius 2 is 1.00 bits per heavy atom. The number of rotatable bonds is 6. The van der Waals surface area contributed by atoms with Gasteiger partial charge in [-0.25, -0.2) is 0 Å². The molecular formula is C25H22N2. The number of pyridine rings is 1. The first-order chi connectivity index (χ1) is 13.4. The Hall–Kier alpha value is -3.23. The Morgan fingerprint density at radius 3 is 1.41 bits per heavy atom. The van der Waals surface area contributed by atoms with Gasteiger partial charge in [0.15, 0.2) is 0 Å². The zero-order valence-electron chi connectivity index (χ0n) is 15.1. The van der Waals surface area contributed by atoms with Crippen LogP contribution in [0.25, 0.3) is 0 Å². The molecule has 0 saturated heterocycles. The molecule has 1 N–H and O–H groups in total. The van der Waals surface area contributed by atoms with Crippen LogP contribution >= 0.6 is 0 Å². The monoisotopic (exact) mass is 350 g/mol. The van der Waals surface area contributed by atoms with Crippen molar-refractivity contribution >= 4 is 0 Å². The molecule has 2 heteroatoms. The molecule has 27 heavy (non-hydrogen) atoms. The van der Waals surface area contributed by atoms with E-state index < -0.39 is 5.54 Å². The van der Waals surface area contributed by atoms with Gasteiger partial charge in [0.05, 0.1) is 11.2 Å². The molecule has 0 saturated carbocycles. The van der Waals surface area contributed by atoms with Gasteiger partial charge in [0.2, 0.25) is 0 Å². The predicted molar refractivity (Wildman–Crippen MR) is 110 cm³/mol. The number of benzene rings is 3. The Bertz CT molecular complexity index is 855. The molecule has 0 spiro atoms. The second kappa shape index (κ2) is 7.98. The highest BCUT2D eigenvalue weighted by Crippen LogP contribution is 2.36. The molecule has 4 rings (SSSR count). The minimum absolute atomic E-state index is 0.457. The minimum Gasteiger partial charge on any atom is -0.294 e. The van der Waals surface area contributed by atoms with E-state index in [1.165, 1.54) is 16.7 Å². The summed E-state index contributed by atoms with van der Waals surface area (Å²) in [5.41, 5.74) is 4.18. The third-order valence-electron chi connectivity index (χ3n) is 4.88. The summed E-state index contributed by atoms with van der Waals surface area (Å²) in [6.45, 7) is 0.666. The normalized spacial score (nSPS) is 11.3. The summed E-state index contributed by atoms with van der Waals surface area (Å²) in [6, 6.07) is 37.9. The van der Waals surface area contributed by atoms with Gasteiger partial charge in [-0.05, 0) is 28.8 Å². The van der Waals surface area contributed by atoms with Crippen LogP contribution in [0.1, 0.15) is 22.4 Å². The van der Waals surface area contributed by atoms with Gasteiger partial charge in [0, 0.05) is 12.7 Å². The topological polar surface area (TPSA) is 24.9 Å². The van der Waals surface area contributed by atoms with E-state index in [0.29, 0.717) is 6.54 Å². The van der Waals surface area contributed by atoms with Crippen LogP contribution in [0, 0.1) is 0 Å². The fourth-order valence-corrected chi connectivity index (χ4v) is 3.60. The summed E-state index contributed by atoms with van der Waals surface area (Å²) in [6.07, 6.45) is 1.84. The summed E-state index contributed by atoms with van der Waals surface area (Å²) in [5.74, 6) is 0. The van der Waals surface area contributed by atoms with Gasteiger partial charge in [-0.3, -0.25) is 10.3 Å². The standard InChI is InChI=1S/C25H22N2/c1-4-12-21(13-5-1)25(22-14-6-2-7-15-22,23-16-8-3-9-17-23)27-20-24-18-10-11-19-26-24/h1-19,27H,20H2. The minimum atomic E-state index is -0.457. The molecule has 0 amide bonds. The van der Waals surface area contributed by atoms with E-state index in [1.54, 1.807) is 0 Å². The van der Waals surface area contributed by atoms with Crippen molar-refractivity contribution < 1.29 is 0 Å². The zero-order valence-corrected chi connectivity index (χ0v) is 15.1. The molecule has 0 unspecified atom stereocenters. The quantitative estimate of drug-likeness (QED) is 0.486. The molecule has 0 aliphatic heterocycles. The van der Waals surface area contributed by atoms with E-state index in [2.05, 4.69) is 107 Å². The highest BCUT2D eigenvalue weighted by atomic mass is 15.0. The summed E-state index contributed by atoms with van der Waals surface area (Å²) in [5, 5.41) is 3.84. The van der Waals surface area contributed by atoms with Gasteiger partial charge in [-0.2, -0.15) is 0 Å². The molecule has 1 heterocycles. The summed E-state index contributed by atoms with van der Waals surface area (Å²) >= 11 is 0. The first-order valence-corrected chi connectivity index (χ1v) is 9.21. The fraction of sp³-hybridized carbons (Fsp3) is 0.0800. The molecule has 0 fully saturated rings. The fourth-order valence-electron chi connectivity index (χ4n) is 3.60. The summed E-state index contributed by atoms with van der Waals surface area (Å²) < 4.78 is 0. The van der Waals surface area contributed by atoms with E-state index in [9.17, 15) is 0 Å². The molecular weight excluding hydrogens is 328 g/mol. The van der Waals surface area contributed by atoms with Crippen LogP contribution in [0.2, 0.25) is 0 Å². The molecule has 2 nitrogen and oxygen atoms in total. The van der Waals surface area contributed by atoms with Crippen LogP contribution in [-0.2, 0) is 12.1 Å². The maximum atomic E-state index is 4.50. The average molecular weight is 350 g/mol. The first-order valence-electron chi connectivity index (χ1n) is 9.21. The highest BCUT2D eigenvalue weighted by Gasteiger charge is 2.35. The van der Waals surface area contributed by atoms with E-state index >= 15 is 0 Å². The highest BCUT2D eigenvalue weighted by molar-refractivity contribution is 5.49. The van der Waals surface area contributed by atoms with Crippen LogP contribution in [-0.4, -0.2) is 4.98 Å². The van der Waals surface area contributed by atoms with E-state index in [0.717, 1.165) is 5.69 Å². The largest absolute Gasteiger partial charge is 0.294 e. The van der Waals surface area contributed by atoms with Crippen molar-refractivity contribution in [3.63, 3.8) is 0 Å². The number of hydrogen-bond acceptors (Lipinski definition) is 2. The maximum absolute atomic E-state index is 4.50. The third kappa shape index (κ3) is 3.53. The molecule has 0 aliphatic carbocycles. The second-order valence-corrected chi connectivity index (χ2v) is 6.52. The van der Waals surface area contributed by atoms with Gasteiger partial charge >= 0.3 is 0 Å². The number of aromatic nitrogens is 1. The molecule has 1 aromatic heterocycles. The van der Waals surface area contributed by atoms with Crippen molar-refractivity contribution in [1.29, 1.82) is 0 Å². The number of nitrogens with zero attached hydrogens (tertiary/aromatic N) is 1. The van der Waals surface area contributed by atoms with Crippen molar-refractivity contribution in [2.24, 2.45) is 0 Å². The lowest BCUT2D eigenvalue weighted by Gasteiger charge is -2.37. The molecule has 0 radical (unpaired) electrons. The number of hydrogen-bond donors (Lipinski definition) is 1. The molecule has 0 bridgehead atoms. The SMILES string of the molecule is c1ccc(C(NCc2ccccn2)(c2ccccc2)c2ccccc2)cc1. The molecule has 132 valence electrons. The van der Waals surface area contributed by atoms with Crippen LogP contribution in [0.3, 0.4) is 0 Å².